The first-order chi connectivity index (χ1) is 8.64. The van der Waals surface area contributed by atoms with E-state index in [2.05, 4.69) is 11.8 Å². The summed E-state index contributed by atoms with van der Waals surface area (Å²) in [4.78, 5) is 15.2. The van der Waals surface area contributed by atoms with Crippen molar-refractivity contribution in [2.24, 2.45) is 29.1 Å². The van der Waals surface area contributed by atoms with Crippen molar-refractivity contribution in [3.8, 4) is 0 Å². The molecule has 18 heavy (non-hydrogen) atoms. The Morgan fingerprint density at radius 2 is 1.61 bits per heavy atom. The van der Waals surface area contributed by atoms with E-state index in [1.807, 2.05) is 0 Å². The predicted molar refractivity (Wildman–Crippen MR) is 71.0 cm³/mol. The summed E-state index contributed by atoms with van der Waals surface area (Å²) < 4.78 is 0. The third kappa shape index (κ3) is 1.57. The zero-order valence-corrected chi connectivity index (χ0v) is 11.5. The van der Waals surface area contributed by atoms with E-state index in [1.54, 1.807) is 0 Å². The van der Waals surface area contributed by atoms with E-state index in [4.69, 9.17) is 0 Å². The van der Waals surface area contributed by atoms with Crippen molar-refractivity contribution >= 4 is 5.91 Å². The molecule has 1 heterocycles. The Balaban J connectivity index is 1.58. The van der Waals surface area contributed by atoms with Gasteiger partial charge < -0.3 is 4.90 Å². The minimum Gasteiger partial charge on any atom is -0.342 e. The summed E-state index contributed by atoms with van der Waals surface area (Å²) in [6.07, 6.45) is 9.20. The largest absolute Gasteiger partial charge is 0.342 e. The molecule has 5 rings (SSSR count). The highest BCUT2D eigenvalue weighted by atomic mass is 16.2. The van der Waals surface area contributed by atoms with Gasteiger partial charge in [-0.15, -0.1) is 0 Å². The first-order valence-corrected chi connectivity index (χ1v) is 7.94. The van der Waals surface area contributed by atoms with Crippen LogP contribution in [0.25, 0.3) is 0 Å². The lowest BCUT2D eigenvalue weighted by Gasteiger charge is -2.56. The number of hydrogen-bond acceptors (Lipinski definition) is 1. The van der Waals surface area contributed by atoms with Crippen LogP contribution in [0.5, 0.6) is 0 Å². The Bertz CT molecular complexity index is 340. The highest BCUT2D eigenvalue weighted by molar-refractivity contribution is 5.83. The van der Waals surface area contributed by atoms with Gasteiger partial charge in [0.05, 0.1) is 5.41 Å². The van der Waals surface area contributed by atoms with Crippen LogP contribution in [0.2, 0.25) is 0 Å². The van der Waals surface area contributed by atoms with Gasteiger partial charge in [0.15, 0.2) is 0 Å². The number of hydrogen-bond donors (Lipinski definition) is 0. The van der Waals surface area contributed by atoms with Crippen molar-refractivity contribution in [3.05, 3.63) is 0 Å². The molecule has 1 amide bonds. The van der Waals surface area contributed by atoms with Crippen LogP contribution in [-0.2, 0) is 4.79 Å². The lowest BCUT2D eigenvalue weighted by atomic mass is 9.49. The summed E-state index contributed by atoms with van der Waals surface area (Å²) >= 11 is 0. The number of amides is 1. The molecule has 1 aliphatic heterocycles. The SMILES string of the molecule is CC1CCN(C(=O)C23CC4CC(CC(C4)C2)C3)C1. The molecule has 0 N–H and O–H groups in total. The van der Waals surface area contributed by atoms with Crippen LogP contribution >= 0.6 is 0 Å². The fourth-order valence-electron chi connectivity index (χ4n) is 5.83. The maximum absolute atomic E-state index is 13.0. The highest BCUT2D eigenvalue weighted by Gasteiger charge is 2.55. The molecule has 0 radical (unpaired) electrons. The van der Waals surface area contributed by atoms with Gasteiger partial charge in [-0.2, -0.15) is 0 Å². The quantitative estimate of drug-likeness (QED) is 0.697. The second-order valence-corrected chi connectivity index (χ2v) is 7.84. The Kier molecular flexibility index (Phi) is 2.35. The van der Waals surface area contributed by atoms with Crippen LogP contribution in [0.4, 0.5) is 0 Å². The van der Waals surface area contributed by atoms with Crippen molar-refractivity contribution in [1.29, 1.82) is 0 Å². The first kappa shape index (κ1) is 11.3. The Morgan fingerprint density at radius 3 is 2.06 bits per heavy atom. The molecule has 0 aromatic carbocycles. The molecule has 2 heteroatoms. The standard InChI is InChI=1S/C16H25NO/c1-11-2-3-17(10-11)15(18)16-7-12-4-13(8-16)6-14(5-12)9-16/h11-14H,2-10H2,1H3. The monoisotopic (exact) mass is 247 g/mol. The summed E-state index contributed by atoms with van der Waals surface area (Å²) in [6, 6.07) is 0. The minimum absolute atomic E-state index is 0.0960. The second kappa shape index (κ2) is 3.74. The number of rotatable bonds is 1. The van der Waals surface area contributed by atoms with Gasteiger partial charge in [-0.1, -0.05) is 6.92 Å². The van der Waals surface area contributed by atoms with E-state index in [9.17, 15) is 4.79 Å². The zero-order valence-electron chi connectivity index (χ0n) is 11.5. The second-order valence-electron chi connectivity index (χ2n) is 7.84. The van der Waals surface area contributed by atoms with Gasteiger partial charge in [0.2, 0.25) is 5.91 Å². The summed E-state index contributed by atoms with van der Waals surface area (Å²) in [5.41, 5.74) is 0.0960. The average molecular weight is 247 g/mol. The van der Waals surface area contributed by atoms with E-state index in [0.717, 1.165) is 36.8 Å². The third-order valence-electron chi connectivity index (χ3n) is 6.20. The summed E-state index contributed by atoms with van der Waals surface area (Å²) in [5.74, 6) is 3.94. The third-order valence-corrected chi connectivity index (χ3v) is 6.20. The minimum atomic E-state index is 0.0960. The molecule has 1 unspecified atom stereocenters. The van der Waals surface area contributed by atoms with Crippen LogP contribution < -0.4 is 0 Å². The maximum Gasteiger partial charge on any atom is 0.228 e. The molecule has 4 aliphatic carbocycles. The highest BCUT2D eigenvalue weighted by Crippen LogP contribution is 2.60. The molecule has 0 aromatic heterocycles. The molecule has 1 atom stereocenters. The number of likely N-dealkylation sites (tertiary alicyclic amines) is 1. The average Bonchev–Trinajstić information content (AvgIpc) is 2.73. The number of carbonyl (C=O) groups is 1. The van der Waals surface area contributed by atoms with Crippen LogP contribution in [0, 0.1) is 29.1 Å². The van der Waals surface area contributed by atoms with Crippen molar-refractivity contribution < 1.29 is 4.79 Å². The van der Waals surface area contributed by atoms with E-state index in [-0.39, 0.29) is 5.41 Å². The number of carbonyl (C=O) groups excluding carboxylic acids is 1. The Labute approximate surface area is 110 Å². The van der Waals surface area contributed by atoms with Gasteiger partial charge in [0.1, 0.15) is 0 Å². The molecule has 4 bridgehead atoms. The van der Waals surface area contributed by atoms with Crippen molar-refractivity contribution in [2.45, 2.75) is 51.9 Å². The lowest BCUT2D eigenvalue weighted by Crippen LogP contribution is -2.54. The maximum atomic E-state index is 13.0. The molecular weight excluding hydrogens is 222 g/mol. The molecule has 1 saturated heterocycles. The summed E-state index contributed by atoms with van der Waals surface area (Å²) in [7, 11) is 0. The van der Waals surface area contributed by atoms with Crippen LogP contribution in [0.3, 0.4) is 0 Å². The van der Waals surface area contributed by atoms with Crippen molar-refractivity contribution in [2.75, 3.05) is 13.1 Å². The van der Waals surface area contributed by atoms with E-state index < -0.39 is 0 Å². The van der Waals surface area contributed by atoms with Gasteiger partial charge in [-0.25, -0.2) is 0 Å². The molecule has 2 nitrogen and oxygen atoms in total. The predicted octanol–water partition coefficient (Wildman–Crippen LogP) is 3.07. The molecular formula is C16H25NO. The molecule has 5 aliphatic rings. The summed E-state index contributed by atoms with van der Waals surface area (Å²) in [6.45, 7) is 4.34. The van der Waals surface area contributed by atoms with Crippen LogP contribution in [-0.4, -0.2) is 23.9 Å². The summed E-state index contributed by atoms with van der Waals surface area (Å²) in [5, 5.41) is 0. The molecule has 100 valence electrons. The van der Waals surface area contributed by atoms with E-state index in [1.165, 1.54) is 44.9 Å². The fraction of sp³-hybridized carbons (Fsp3) is 0.938. The Hall–Kier alpha value is -0.530. The van der Waals surface area contributed by atoms with Crippen LogP contribution in [0.1, 0.15) is 51.9 Å². The zero-order chi connectivity index (χ0) is 12.3. The molecule has 5 fully saturated rings. The smallest absolute Gasteiger partial charge is 0.228 e. The molecule has 0 spiro atoms. The normalized spacial score (nSPS) is 49.9. The fourth-order valence-corrected chi connectivity index (χ4v) is 5.83. The van der Waals surface area contributed by atoms with Gasteiger partial charge >= 0.3 is 0 Å². The topological polar surface area (TPSA) is 20.3 Å². The van der Waals surface area contributed by atoms with E-state index >= 15 is 0 Å². The van der Waals surface area contributed by atoms with Gasteiger partial charge in [-0.3, -0.25) is 4.79 Å². The number of nitrogens with zero attached hydrogens (tertiary/aromatic N) is 1. The van der Waals surface area contributed by atoms with Gasteiger partial charge in [-0.05, 0) is 68.6 Å². The van der Waals surface area contributed by atoms with Crippen LogP contribution in [0.15, 0.2) is 0 Å². The van der Waals surface area contributed by atoms with Gasteiger partial charge in [0, 0.05) is 13.1 Å². The van der Waals surface area contributed by atoms with Gasteiger partial charge in [0.25, 0.3) is 0 Å². The molecule has 0 aromatic rings. The Morgan fingerprint density at radius 1 is 1.06 bits per heavy atom. The van der Waals surface area contributed by atoms with E-state index in [0.29, 0.717) is 5.91 Å². The van der Waals surface area contributed by atoms with Crippen molar-refractivity contribution in [3.63, 3.8) is 0 Å². The molecule has 4 saturated carbocycles. The first-order valence-electron chi connectivity index (χ1n) is 7.94. The lowest BCUT2D eigenvalue weighted by molar-refractivity contribution is -0.156. The van der Waals surface area contributed by atoms with Crippen molar-refractivity contribution in [1.82, 2.24) is 4.90 Å².